The van der Waals surface area contributed by atoms with Gasteiger partial charge in [-0.2, -0.15) is 0 Å². The van der Waals surface area contributed by atoms with Crippen molar-refractivity contribution in [1.29, 1.82) is 0 Å². The van der Waals surface area contributed by atoms with Gasteiger partial charge in [-0.05, 0) is 6.92 Å². The molecule has 0 heterocycles. The van der Waals surface area contributed by atoms with Gasteiger partial charge in [0.15, 0.2) is 0 Å². The lowest BCUT2D eigenvalue weighted by atomic mass is 10.4. The molecule has 4 nitrogen and oxygen atoms in total. The van der Waals surface area contributed by atoms with E-state index in [1.807, 2.05) is 0 Å². The molecule has 0 aliphatic carbocycles. The molecule has 0 aromatic carbocycles. The number of hydrogen-bond acceptors (Lipinski definition) is 4. The van der Waals surface area contributed by atoms with Crippen LogP contribution in [0.15, 0.2) is 12.7 Å². The second kappa shape index (κ2) is 4.96. The molecule has 0 aliphatic heterocycles. The van der Waals surface area contributed by atoms with E-state index in [4.69, 9.17) is 5.26 Å². The Hall–Kier alpha value is -0.870. The quantitative estimate of drug-likeness (QED) is 0.273. The Kier molecular flexibility index (Phi) is 4.53. The fourth-order valence-electron chi connectivity index (χ4n) is 0.385. The highest BCUT2D eigenvalue weighted by atomic mass is 17.1. The summed E-state index contributed by atoms with van der Waals surface area (Å²) in [6.45, 7) is 4.76. The summed E-state index contributed by atoms with van der Waals surface area (Å²) in [6, 6.07) is 0. The number of carbonyl (C=O) groups is 1. The molecule has 1 unspecified atom stereocenters. The first kappa shape index (κ1) is 9.13. The van der Waals surface area contributed by atoms with E-state index in [0.717, 1.165) is 6.08 Å². The zero-order chi connectivity index (χ0) is 7.98. The van der Waals surface area contributed by atoms with Crippen LogP contribution in [0.5, 0.6) is 0 Å². The molecule has 4 heteroatoms. The smallest absolute Gasteiger partial charge is 0.330 e. The van der Waals surface area contributed by atoms with E-state index in [1.165, 1.54) is 0 Å². The molecular weight excluding hydrogens is 136 g/mol. The first-order chi connectivity index (χ1) is 4.70. The van der Waals surface area contributed by atoms with Crippen LogP contribution in [0, 0.1) is 0 Å². The van der Waals surface area contributed by atoms with Gasteiger partial charge in [0, 0.05) is 6.08 Å². The van der Waals surface area contributed by atoms with Crippen LogP contribution in [-0.4, -0.2) is 23.9 Å². The van der Waals surface area contributed by atoms with Gasteiger partial charge in [0.2, 0.25) is 0 Å². The van der Waals surface area contributed by atoms with E-state index >= 15 is 0 Å². The van der Waals surface area contributed by atoms with Gasteiger partial charge in [-0.15, -0.1) is 0 Å². The van der Waals surface area contributed by atoms with Crippen LogP contribution in [-0.2, 0) is 14.4 Å². The van der Waals surface area contributed by atoms with Crippen LogP contribution in [0.2, 0.25) is 0 Å². The van der Waals surface area contributed by atoms with Gasteiger partial charge in [0.1, 0.15) is 12.7 Å². The zero-order valence-electron chi connectivity index (χ0n) is 5.74. The van der Waals surface area contributed by atoms with Crippen molar-refractivity contribution in [1.82, 2.24) is 0 Å². The Morgan fingerprint density at radius 1 is 1.90 bits per heavy atom. The van der Waals surface area contributed by atoms with Gasteiger partial charge in [-0.1, -0.05) is 6.58 Å². The number of rotatable bonds is 4. The highest BCUT2D eigenvalue weighted by Gasteiger charge is 2.04. The van der Waals surface area contributed by atoms with Crippen molar-refractivity contribution in [3.05, 3.63) is 12.7 Å². The van der Waals surface area contributed by atoms with Crippen molar-refractivity contribution in [2.24, 2.45) is 0 Å². The van der Waals surface area contributed by atoms with Crippen molar-refractivity contribution in [2.75, 3.05) is 6.61 Å². The first-order valence-corrected chi connectivity index (χ1v) is 2.80. The number of carbonyl (C=O) groups excluding carboxylic acids is 1. The van der Waals surface area contributed by atoms with Crippen LogP contribution >= 0.6 is 0 Å². The highest BCUT2D eigenvalue weighted by molar-refractivity contribution is 5.81. The maximum Gasteiger partial charge on any atom is 0.330 e. The maximum absolute atomic E-state index is 10.4. The molecule has 0 aliphatic rings. The van der Waals surface area contributed by atoms with Gasteiger partial charge in [0.05, 0.1) is 0 Å². The molecule has 0 amide bonds. The molecule has 0 rings (SSSR count). The Balaban J connectivity index is 3.46. The Labute approximate surface area is 59.0 Å². The second-order valence-corrected chi connectivity index (χ2v) is 1.75. The topological polar surface area (TPSA) is 55.8 Å². The van der Waals surface area contributed by atoms with E-state index < -0.39 is 12.1 Å². The van der Waals surface area contributed by atoms with Gasteiger partial charge in [0.25, 0.3) is 0 Å². The molecular formula is C6H10O4. The second-order valence-electron chi connectivity index (χ2n) is 1.75. The molecule has 0 saturated heterocycles. The summed E-state index contributed by atoms with van der Waals surface area (Å²) in [6.07, 6.45) is 0.601. The third kappa shape index (κ3) is 4.05. The average molecular weight is 146 g/mol. The van der Waals surface area contributed by atoms with E-state index in [9.17, 15) is 4.79 Å². The van der Waals surface area contributed by atoms with Gasteiger partial charge >= 0.3 is 5.97 Å². The van der Waals surface area contributed by atoms with E-state index in [1.54, 1.807) is 6.92 Å². The van der Waals surface area contributed by atoms with Crippen LogP contribution in [0.1, 0.15) is 6.92 Å². The van der Waals surface area contributed by atoms with Crippen molar-refractivity contribution in [2.45, 2.75) is 13.0 Å². The molecule has 0 saturated carbocycles. The Morgan fingerprint density at radius 3 is 2.90 bits per heavy atom. The van der Waals surface area contributed by atoms with Crippen molar-refractivity contribution < 1.29 is 19.7 Å². The minimum absolute atomic E-state index is 0.0282. The fraction of sp³-hybridized carbons (Fsp3) is 0.500. The Morgan fingerprint density at radius 2 is 2.50 bits per heavy atom. The van der Waals surface area contributed by atoms with E-state index in [2.05, 4.69) is 16.2 Å². The summed E-state index contributed by atoms with van der Waals surface area (Å²) in [4.78, 5) is 14.2. The van der Waals surface area contributed by atoms with Crippen molar-refractivity contribution in [3.8, 4) is 0 Å². The zero-order valence-corrected chi connectivity index (χ0v) is 5.74. The normalized spacial score (nSPS) is 12.2. The fourth-order valence-corrected chi connectivity index (χ4v) is 0.385. The molecule has 0 fully saturated rings. The molecule has 1 atom stereocenters. The summed E-state index contributed by atoms with van der Waals surface area (Å²) >= 11 is 0. The SMILES string of the molecule is C=CC(=O)OC(C)COO. The van der Waals surface area contributed by atoms with Crippen LogP contribution in [0.3, 0.4) is 0 Å². The first-order valence-electron chi connectivity index (χ1n) is 2.80. The molecule has 0 spiro atoms. The van der Waals surface area contributed by atoms with E-state index in [-0.39, 0.29) is 6.61 Å². The van der Waals surface area contributed by atoms with Crippen LogP contribution in [0.25, 0.3) is 0 Å². The predicted molar refractivity (Wildman–Crippen MR) is 34.3 cm³/mol. The summed E-state index contributed by atoms with van der Waals surface area (Å²) in [5, 5.41) is 7.91. The highest BCUT2D eigenvalue weighted by Crippen LogP contribution is 1.91. The molecule has 0 aromatic heterocycles. The lowest BCUT2D eigenvalue weighted by Gasteiger charge is -2.07. The number of ether oxygens (including phenoxy) is 1. The average Bonchev–Trinajstić information content (AvgIpc) is 1.88. The minimum atomic E-state index is -0.524. The predicted octanol–water partition coefficient (Wildman–Crippen LogP) is 0.594. The van der Waals surface area contributed by atoms with Gasteiger partial charge in [-0.25, -0.2) is 9.68 Å². The third-order valence-electron chi connectivity index (χ3n) is 0.793. The molecule has 10 heavy (non-hydrogen) atoms. The largest absolute Gasteiger partial charge is 0.457 e. The molecule has 0 aromatic rings. The van der Waals surface area contributed by atoms with Gasteiger partial charge in [-0.3, -0.25) is 5.26 Å². The summed E-state index contributed by atoms with van der Waals surface area (Å²) in [5.74, 6) is -0.524. The minimum Gasteiger partial charge on any atom is -0.457 e. The lowest BCUT2D eigenvalue weighted by molar-refractivity contribution is -0.256. The van der Waals surface area contributed by atoms with Gasteiger partial charge < -0.3 is 4.74 Å². The monoisotopic (exact) mass is 146 g/mol. The molecule has 0 bridgehead atoms. The van der Waals surface area contributed by atoms with Crippen molar-refractivity contribution >= 4 is 5.97 Å². The Bertz CT molecular complexity index is 121. The molecule has 1 N–H and O–H groups in total. The number of esters is 1. The number of hydrogen-bond donors (Lipinski definition) is 1. The summed E-state index contributed by atoms with van der Waals surface area (Å²) < 4.78 is 4.60. The standard InChI is InChI=1S/C6H10O4/c1-3-6(7)10-5(2)4-9-8/h3,5,8H,1,4H2,2H3. The summed E-state index contributed by atoms with van der Waals surface area (Å²) in [7, 11) is 0. The lowest BCUT2D eigenvalue weighted by Crippen LogP contribution is -2.18. The summed E-state index contributed by atoms with van der Waals surface area (Å²) in [5.41, 5.74) is 0. The maximum atomic E-state index is 10.4. The van der Waals surface area contributed by atoms with Crippen LogP contribution < -0.4 is 0 Å². The third-order valence-corrected chi connectivity index (χ3v) is 0.793. The molecule has 58 valence electrons. The van der Waals surface area contributed by atoms with E-state index in [0.29, 0.717) is 0 Å². The van der Waals surface area contributed by atoms with Crippen molar-refractivity contribution in [3.63, 3.8) is 0 Å². The van der Waals surface area contributed by atoms with Crippen LogP contribution in [0.4, 0.5) is 0 Å². The molecule has 0 radical (unpaired) electrons.